The lowest BCUT2D eigenvalue weighted by Gasteiger charge is -2.42. The molecule has 2 unspecified atom stereocenters. The molecule has 4 aliphatic heterocycles. The Labute approximate surface area is 545 Å². The number of amides is 9. The van der Waals surface area contributed by atoms with Crippen molar-refractivity contribution in [1.29, 1.82) is 0 Å². The van der Waals surface area contributed by atoms with Crippen LogP contribution in [0.5, 0.6) is 0 Å². The van der Waals surface area contributed by atoms with Gasteiger partial charge in [-0.25, -0.2) is 4.79 Å². The molecule has 0 bridgehead atoms. The molecule has 1 aliphatic carbocycles. The second-order valence-corrected chi connectivity index (χ2v) is 24.8. The maximum absolute atomic E-state index is 15.4. The lowest BCUT2D eigenvalue weighted by molar-refractivity contribution is -0.153. The number of nitrogens with two attached hydrogens (primary N) is 7. The third-order valence-corrected chi connectivity index (χ3v) is 18.0. The number of carbonyl (C=O) groups excluding carboxylic acids is 9. The minimum absolute atomic E-state index is 0.00181. The van der Waals surface area contributed by atoms with Crippen molar-refractivity contribution in [2.45, 2.75) is 176 Å². The molecule has 12 atom stereocenters. The summed E-state index contributed by atoms with van der Waals surface area (Å²) in [5, 5.41) is 42.8. The molecule has 1 saturated carbocycles. The molecule has 0 radical (unpaired) electrons. The molecular formula is C62H93N19O13. The Balaban J connectivity index is 1.05. The van der Waals surface area contributed by atoms with Gasteiger partial charge >= 0.3 is 5.97 Å². The maximum Gasteiger partial charge on any atom is 0.326 e. The Morgan fingerprint density at radius 3 is 1.85 bits per heavy atom. The first kappa shape index (κ1) is 72.3. The number of hydrogen-bond donors (Lipinski definition) is 14. The van der Waals surface area contributed by atoms with E-state index in [1.54, 1.807) is 48.5 Å². The van der Waals surface area contributed by atoms with E-state index in [-0.39, 0.29) is 127 Å². The second kappa shape index (κ2) is 34.1. The summed E-state index contributed by atoms with van der Waals surface area (Å²) in [5.41, 5.74) is 40.9. The van der Waals surface area contributed by atoms with Crippen LogP contribution < -0.4 is 61.4 Å². The maximum atomic E-state index is 15.4. The van der Waals surface area contributed by atoms with Crippen LogP contribution in [0, 0.1) is 5.92 Å². The number of aliphatic imine (C=N–C) groups is 3. The molecule has 0 aromatic heterocycles. The van der Waals surface area contributed by atoms with E-state index in [9.17, 15) is 53.7 Å². The van der Waals surface area contributed by atoms with Crippen LogP contribution in [-0.2, 0) is 67.3 Å². The summed E-state index contributed by atoms with van der Waals surface area (Å²) in [4.78, 5) is 161. The number of rotatable bonds is 30. The Bertz CT molecular complexity index is 3120. The lowest BCUT2D eigenvalue weighted by atomic mass is 9.84. The number of carboxylic acids is 1. The van der Waals surface area contributed by atoms with Crippen LogP contribution in [-0.4, -0.2) is 236 Å². The van der Waals surface area contributed by atoms with E-state index in [1.807, 2.05) is 6.07 Å². The predicted octanol–water partition coefficient (Wildman–Crippen LogP) is -4.74. The first-order valence-corrected chi connectivity index (χ1v) is 32.1. The molecule has 3 saturated heterocycles. The van der Waals surface area contributed by atoms with Crippen molar-refractivity contribution in [2.75, 3.05) is 52.9 Å². The summed E-state index contributed by atoms with van der Waals surface area (Å²) in [6.07, 6.45) is 3.36. The van der Waals surface area contributed by atoms with Gasteiger partial charge in [-0.2, -0.15) is 0 Å². The standard InChI is InChI=1S/C62H93N19O13/c1-77(56(90)49-30-39(83)32-80(49)57(91)46-22-12-26-78(46)54(88)41(19-10-24-71-61(66)67)74-51(85)40(63)18-9-23-70-60(64)65)33-50(84)73-43(27-35-13-3-2-4-14-35)52(86)76-44(34-82)55(89)79-31-38-17-6-5-15-36(38)28-48(79)58(92)81-45-21-8-7-16-37(45)29-47(81)53(87)75-42(59(93)94)20-11-25-72-62(68)69/h2-6,13-15,17,37,39-49,82-83H,7-12,16,18-34,63H2,1H3,(H,73,84)(H,74,85)(H,75,87)(H,76,86)(H,93,94)(H4,64,65,70)(H4,66,67,71)(H4,68,69,72)/t37?,39-,40+,41-,42-,43-,44-,45?,46-,47-,48+,49-/m0/s1. The van der Waals surface area contributed by atoms with Gasteiger partial charge in [0.15, 0.2) is 17.9 Å². The fourth-order valence-corrected chi connectivity index (χ4v) is 13.4. The molecule has 514 valence electrons. The number of aliphatic hydroxyl groups excluding tert-OH is 2. The van der Waals surface area contributed by atoms with Gasteiger partial charge in [0.2, 0.25) is 53.2 Å². The first-order valence-electron chi connectivity index (χ1n) is 32.1. The van der Waals surface area contributed by atoms with Gasteiger partial charge in [-0.05, 0) is 93.2 Å². The SMILES string of the molecule is CN(CC(=O)N[C@@H](Cc1ccccc1)C(=O)N[C@@H](CO)C(=O)N1Cc2ccccc2C[C@@H]1C(=O)N1C2CCCCC2C[C@H]1C(=O)N[C@@H](CCCN=C(N)N)C(=O)O)C(=O)[C@@H]1C[C@H](O)CN1C(=O)[C@@H]1CCCN1C(=O)[C@H](CCCN=C(N)N)NC(=O)[C@H](N)CCCN=C(N)N. The van der Waals surface area contributed by atoms with Crippen molar-refractivity contribution in [3.8, 4) is 0 Å². The Morgan fingerprint density at radius 1 is 0.617 bits per heavy atom. The molecule has 21 N–H and O–H groups in total. The molecule has 7 rings (SSSR count). The van der Waals surface area contributed by atoms with Gasteiger partial charge in [-0.15, -0.1) is 0 Å². The van der Waals surface area contributed by atoms with Crippen molar-refractivity contribution < 1.29 is 63.3 Å². The number of nitrogens with one attached hydrogen (secondary N) is 4. The van der Waals surface area contributed by atoms with E-state index in [1.165, 1.54) is 26.6 Å². The molecule has 0 spiro atoms. The molecular weight excluding hydrogens is 1220 g/mol. The molecule has 2 aromatic carbocycles. The van der Waals surface area contributed by atoms with E-state index in [4.69, 9.17) is 40.1 Å². The minimum Gasteiger partial charge on any atom is -0.480 e. The number of β-amino-alcohol motifs (C(OH)–C–C–N with tert-alkyl or cyclic N) is 1. The summed E-state index contributed by atoms with van der Waals surface area (Å²) in [5.74, 6) is -8.23. The molecule has 2 aromatic rings. The van der Waals surface area contributed by atoms with Gasteiger partial charge in [0.05, 0.1) is 25.3 Å². The third-order valence-electron chi connectivity index (χ3n) is 18.0. The number of benzene rings is 2. The molecule has 94 heavy (non-hydrogen) atoms. The highest BCUT2D eigenvalue weighted by molar-refractivity contribution is 5.99. The van der Waals surface area contributed by atoms with E-state index in [0.717, 1.165) is 29.7 Å². The van der Waals surface area contributed by atoms with E-state index in [2.05, 4.69) is 36.2 Å². The third kappa shape index (κ3) is 19.2. The number of nitrogens with zero attached hydrogens (tertiary/aromatic N) is 8. The normalized spacial score (nSPS) is 22.1. The van der Waals surface area contributed by atoms with Gasteiger partial charge in [0.25, 0.3) is 0 Å². The highest BCUT2D eigenvalue weighted by Crippen LogP contribution is 2.41. The number of fused-ring (bicyclic) bond motifs is 2. The van der Waals surface area contributed by atoms with Crippen LogP contribution in [0.25, 0.3) is 0 Å². The molecule has 5 aliphatic rings. The Morgan fingerprint density at radius 2 is 1.21 bits per heavy atom. The topological polar surface area (TPSA) is 515 Å². The number of carboxylic acid groups (broad SMARTS) is 1. The van der Waals surface area contributed by atoms with Crippen LogP contribution in [0.15, 0.2) is 69.6 Å². The molecule has 4 fully saturated rings. The van der Waals surface area contributed by atoms with Crippen LogP contribution in [0.2, 0.25) is 0 Å². The molecule has 32 heteroatoms. The summed E-state index contributed by atoms with van der Waals surface area (Å²) in [6, 6.07) is 4.02. The largest absolute Gasteiger partial charge is 0.480 e. The van der Waals surface area contributed by atoms with Crippen molar-refractivity contribution in [2.24, 2.45) is 61.0 Å². The number of aliphatic carboxylic acids is 1. The molecule has 9 amide bonds. The van der Waals surface area contributed by atoms with Crippen LogP contribution in [0.1, 0.15) is 107 Å². The van der Waals surface area contributed by atoms with Crippen molar-refractivity contribution >= 4 is 77.0 Å². The summed E-state index contributed by atoms with van der Waals surface area (Å²) >= 11 is 0. The van der Waals surface area contributed by atoms with Gasteiger partial charge in [-0.3, -0.25) is 58.1 Å². The van der Waals surface area contributed by atoms with E-state index >= 15 is 9.59 Å². The highest BCUT2D eigenvalue weighted by atomic mass is 16.4. The quantitative estimate of drug-likeness (QED) is 0.0198. The number of likely N-dealkylation sites (N-methyl/N-ethyl adjacent to an activating group) is 1. The number of aliphatic hydroxyl groups is 2. The fourth-order valence-electron chi connectivity index (χ4n) is 13.4. The zero-order chi connectivity index (χ0) is 68.3. The van der Waals surface area contributed by atoms with Gasteiger partial charge in [0.1, 0.15) is 48.3 Å². The zero-order valence-electron chi connectivity index (χ0n) is 53.1. The Kier molecular flexibility index (Phi) is 26.2. The summed E-state index contributed by atoms with van der Waals surface area (Å²) in [7, 11) is 1.31. The minimum atomic E-state index is -1.68. The van der Waals surface area contributed by atoms with Crippen molar-refractivity contribution in [3.63, 3.8) is 0 Å². The Hall–Kier alpha value is -9.17. The van der Waals surface area contributed by atoms with Crippen molar-refractivity contribution in [1.82, 2.24) is 45.8 Å². The first-order chi connectivity index (χ1) is 44.9. The van der Waals surface area contributed by atoms with Gasteiger partial charge in [-0.1, -0.05) is 67.4 Å². The predicted molar refractivity (Wildman–Crippen MR) is 344 cm³/mol. The second-order valence-electron chi connectivity index (χ2n) is 24.8. The molecule has 32 nitrogen and oxygen atoms in total. The number of hydrogen-bond acceptors (Lipinski definition) is 16. The smallest absolute Gasteiger partial charge is 0.326 e. The van der Waals surface area contributed by atoms with Crippen LogP contribution in [0.4, 0.5) is 0 Å². The van der Waals surface area contributed by atoms with E-state index < -0.39 is 139 Å². The molecule has 4 heterocycles. The number of carbonyl (C=O) groups is 10. The monoisotopic (exact) mass is 1310 g/mol. The van der Waals surface area contributed by atoms with Gasteiger partial charge in [0, 0.05) is 71.6 Å². The zero-order valence-corrected chi connectivity index (χ0v) is 53.1. The number of guanidine groups is 3. The summed E-state index contributed by atoms with van der Waals surface area (Å²) in [6.45, 7) is -1.41. The summed E-state index contributed by atoms with van der Waals surface area (Å²) < 4.78 is 0. The average molecular weight is 1310 g/mol. The van der Waals surface area contributed by atoms with E-state index in [0.29, 0.717) is 30.4 Å². The average Bonchev–Trinajstić information content (AvgIpc) is 1.49. The van der Waals surface area contributed by atoms with Crippen LogP contribution in [0.3, 0.4) is 0 Å². The van der Waals surface area contributed by atoms with Crippen molar-refractivity contribution in [3.05, 3.63) is 71.3 Å². The van der Waals surface area contributed by atoms with Gasteiger partial charge < -0.3 is 101 Å². The van der Waals surface area contributed by atoms with Crippen LogP contribution >= 0.6 is 0 Å². The fraction of sp³-hybridized carbons (Fsp3) is 0.597. The number of likely N-dealkylation sites (tertiary alicyclic amines) is 3. The lowest BCUT2D eigenvalue weighted by Crippen LogP contribution is -2.63. The highest BCUT2D eigenvalue weighted by Gasteiger charge is 2.52.